The van der Waals surface area contributed by atoms with Crippen molar-refractivity contribution in [3.8, 4) is 0 Å². The van der Waals surface area contributed by atoms with Crippen molar-refractivity contribution in [1.82, 2.24) is 10.2 Å². The maximum absolute atomic E-state index is 12.0. The predicted octanol–water partition coefficient (Wildman–Crippen LogP) is 1.54. The van der Waals surface area contributed by atoms with Gasteiger partial charge in [-0.05, 0) is 31.4 Å². The second-order valence-electron chi connectivity index (χ2n) is 4.62. The zero-order valence-corrected chi connectivity index (χ0v) is 11.6. The predicted molar refractivity (Wildman–Crippen MR) is 72.4 cm³/mol. The third-order valence-electron chi connectivity index (χ3n) is 3.35. The van der Waals surface area contributed by atoms with Crippen molar-refractivity contribution in [1.29, 1.82) is 0 Å². The summed E-state index contributed by atoms with van der Waals surface area (Å²) in [5.74, 6) is 1.35. The fourth-order valence-electron chi connectivity index (χ4n) is 2.05. The molecule has 5 heteroatoms. The van der Waals surface area contributed by atoms with E-state index in [0.717, 1.165) is 38.1 Å². The van der Waals surface area contributed by atoms with Crippen LogP contribution in [0.2, 0.25) is 0 Å². The van der Waals surface area contributed by atoms with Gasteiger partial charge in [0.2, 0.25) is 0 Å². The fraction of sp³-hybridized carbons (Fsp3) is 0.917. The molecule has 100 valence electrons. The highest BCUT2D eigenvalue weighted by molar-refractivity contribution is 7.98. The smallest absolute Gasteiger partial charge is 0.317 e. The quantitative estimate of drug-likeness (QED) is 0.788. The number of aliphatic hydroxyl groups excluding tert-OH is 1. The van der Waals surface area contributed by atoms with Crippen LogP contribution in [0, 0.1) is 5.92 Å². The molecule has 1 fully saturated rings. The van der Waals surface area contributed by atoms with Gasteiger partial charge in [-0.3, -0.25) is 0 Å². The number of nitrogens with one attached hydrogen (secondary N) is 1. The largest absolute Gasteiger partial charge is 0.396 e. The molecule has 0 radical (unpaired) electrons. The van der Waals surface area contributed by atoms with Gasteiger partial charge in [-0.25, -0.2) is 4.79 Å². The van der Waals surface area contributed by atoms with E-state index in [1.807, 2.05) is 4.90 Å². The summed E-state index contributed by atoms with van der Waals surface area (Å²) < 4.78 is 0. The van der Waals surface area contributed by atoms with E-state index < -0.39 is 0 Å². The Labute approximate surface area is 108 Å². The van der Waals surface area contributed by atoms with Crippen LogP contribution >= 0.6 is 11.8 Å². The zero-order valence-electron chi connectivity index (χ0n) is 10.8. The van der Waals surface area contributed by atoms with Crippen molar-refractivity contribution in [2.24, 2.45) is 5.92 Å². The minimum atomic E-state index is 0.0577. The first-order chi connectivity index (χ1) is 8.21. The number of carbonyl (C=O) groups excluding carboxylic acids is 1. The number of likely N-dealkylation sites (tertiary alicyclic amines) is 1. The fourth-order valence-corrected chi connectivity index (χ4v) is 2.77. The van der Waals surface area contributed by atoms with Crippen LogP contribution in [-0.2, 0) is 0 Å². The van der Waals surface area contributed by atoms with Crippen molar-refractivity contribution in [2.45, 2.75) is 32.2 Å². The molecule has 2 amide bonds. The molecule has 0 aromatic carbocycles. The Hall–Kier alpha value is -0.420. The summed E-state index contributed by atoms with van der Waals surface area (Å²) in [4.78, 5) is 13.9. The third-order valence-corrected chi connectivity index (χ3v) is 4.08. The highest BCUT2D eigenvalue weighted by atomic mass is 32.2. The van der Waals surface area contributed by atoms with E-state index >= 15 is 0 Å². The monoisotopic (exact) mass is 260 g/mol. The standard InChI is InChI=1S/C12H24N2O2S/c1-3-11(9-17-2)13-12(16)14-6-4-10(8-15)5-7-14/h10-11,15H,3-9H2,1-2H3,(H,13,16). The number of rotatable bonds is 5. The summed E-state index contributed by atoms with van der Waals surface area (Å²) in [5, 5.41) is 12.1. The Morgan fingerprint density at radius 1 is 1.53 bits per heavy atom. The van der Waals surface area contributed by atoms with Crippen molar-refractivity contribution < 1.29 is 9.90 Å². The number of hydrogen-bond acceptors (Lipinski definition) is 3. The number of nitrogens with zero attached hydrogens (tertiary/aromatic N) is 1. The van der Waals surface area contributed by atoms with Gasteiger partial charge in [-0.1, -0.05) is 6.92 Å². The molecule has 1 saturated heterocycles. The minimum Gasteiger partial charge on any atom is -0.396 e. The average molecular weight is 260 g/mol. The Balaban J connectivity index is 2.32. The zero-order chi connectivity index (χ0) is 12.7. The Bertz CT molecular complexity index is 231. The van der Waals surface area contributed by atoms with E-state index in [-0.39, 0.29) is 18.7 Å². The third kappa shape index (κ3) is 4.76. The maximum atomic E-state index is 12.0. The molecule has 1 aliphatic heterocycles. The molecule has 4 nitrogen and oxygen atoms in total. The average Bonchev–Trinajstić information content (AvgIpc) is 2.38. The summed E-state index contributed by atoms with van der Waals surface area (Å²) in [6.45, 7) is 3.89. The van der Waals surface area contributed by atoms with Gasteiger partial charge in [0.1, 0.15) is 0 Å². The summed E-state index contributed by atoms with van der Waals surface area (Å²) in [6, 6.07) is 0.329. The number of hydrogen-bond donors (Lipinski definition) is 2. The van der Waals surface area contributed by atoms with E-state index in [2.05, 4.69) is 18.5 Å². The molecule has 0 aromatic rings. The molecule has 17 heavy (non-hydrogen) atoms. The molecule has 1 heterocycles. The van der Waals surface area contributed by atoms with Gasteiger partial charge in [0.05, 0.1) is 0 Å². The molecule has 0 bridgehead atoms. The number of urea groups is 1. The molecule has 1 aliphatic rings. The van der Waals surface area contributed by atoms with Crippen LogP contribution in [-0.4, -0.2) is 53.8 Å². The number of aliphatic hydroxyl groups is 1. The van der Waals surface area contributed by atoms with Crippen molar-refractivity contribution in [3.05, 3.63) is 0 Å². The number of carbonyl (C=O) groups is 1. The number of piperidine rings is 1. The molecule has 1 rings (SSSR count). The van der Waals surface area contributed by atoms with Crippen molar-refractivity contribution >= 4 is 17.8 Å². The first-order valence-corrected chi connectivity index (χ1v) is 7.75. The van der Waals surface area contributed by atoms with Crippen LogP contribution in [0.4, 0.5) is 4.79 Å². The van der Waals surface area contributed by atoms with Gasteiger partial charge >= 0.3 is 6.03 Å². The summed E-state index contributed by atoms with van der Waals surface area (Å²) in [6.07, 6.45) is 4.87. The summed E-state index contributed by atoms with van der Waals surface area (Å²) in [5.41, 5.74) is 0. The lowest BCUT2D eigenvalue weighted by molar-refractivity contribution is 0.136. The number of thioether (sulfide) groups is 1. The second kappa shape index (κ2) is 7.82. The maximum Gasteiger partial charge on any atom is 0.317 e. The van der Waals surface area contributed by atoms with Crippen LogP contribution in [0.3, 0.4) is 0 Å². The lowest BCUT2D eigenvalue weighted by atomic mass is 9.98. The molecule has 1 unspecified atom stereocenters. The van der Waals surface area contributed by atoms with Crippen molar-refractivity contribution in [2.75, 3.05) is 31.7 Å². The minimum absolute atomic E-state index is 0.0577. The van der Waals surface area contributed by atoms with E-state index in [1.165, 1.54) is 0 Å². The van der Waals surface area contributed by atoms with Gasteiger partial charge in [0.15, 0.2) is 0 Å². The topological polar surface area (TPSA) is 52.6 Å². The molecule has 2 N–H and O–H groups in total. The van der Waals surface area contributed by atoms with Crippen LogP contribution in [0.5, 0.6) is 0 Å². The molecule has 0 aliphatic carbocycles. The normalized spacial score (nSPS) is 19.1. The molecular formula is C12H24N2O2S. The van der Waals surface area contributed by atoms with Crippen molar-refractivity contribution in [3.63, 3.8) is 0 Å². The van der Waals surface area contributed by atoms with Gasteiger partial charge in [-0.15, -0.1) is 0 Å². The Morgan fingerprint density at radius 3 is 2.65 bits per heavy atom. The highest BCUT2D eigenvalue weighted by Crippen LogP contribution is 2.16. The molecule has 0 saturated carbocycles. The van der Waals surface area contributed by atoms with E-state index in [1.54, 1.807) is 11.8 Å². The lowest BCUT2D eigenvalue weighted by Crippen LogP contribution is -2.48. The molecule has 0 aromatic heterocycles. The van der Waals surface area contributed by atoms with Gasteiger partial charge < -0.3 is 15.3 Å². The Kier molecular flexibility index (Phi) is 6.73. The van der Waals surface area contributed by atoms with Crippen LogP contribution in [0.25, 0.3) is 0 Å². The first-order valence-electron chi connectivity index (χ1n) is 6.36. The van der Waals surface area contributed by atoms with E-state index in [9.17, 15) is 4.79 Å². The molecular weight excluding hydrogens is 236 g/mol. The van der Waals surface area contributed by atoms with Crippen LogP contribution in [0.15, 0.2) is 0 Å². The van der Waals surface area contributed by atoms with E-state index in [4.69, 9.17) is 5.11 Å². The number of amides is 2. The summed E-state index contributed by atoms with van der Waals surface area (Å²) in [7, 11) is 0. The first kappa shape index (κ1) is 14.6. The van der Waals surface area contributed by atoms with Crippen LogP contribution in [0.1, 0.15) is 26.2 Å². The molecule has 0 spiro atoms. The Morgan fingerprint density at radius 2 is 2.18 bits per heavy atom. The van der Waals surface area contributed by atoms with Gasteiger partial charge in [-0.2, -0.15) is 11.8 Å². The van der Waals surface area contributed by atoms with Crippen LogP contribution < -0.4 is 5.32 Å². The van der Waals surface area contributed by atoms with Gasteiger partial charge in [0, 0.05) is 31.5 Å². The second-order valence-corrected chi connectivity index (χ2v) is 5.53. The lowest BCUT2D eigenvalue weighted by Gasteiger charge is -2.32. The molecule has 1 atom stereocenters. The van der Waals surface area contributed by atoms with E-state index in [0.29, 0.717) is 5.92 Å². The SMILES string of the molecule is CCC(CSC)NC(=O)N1CCC(CO)CC1. The van der Waals surface area contributed by atoms with Gasteiger partial charge in [0.25, 0.3) is 0 Å². The highest BCUT2D eigenvalue weighted by Gasteiger charge is 2.23. The summed E-state index contributed by atoms with van der Waals surface area (Å²) >= 11 is 1.76.